The maximum Gasteiger partial charge on any atom is 0.500 e. The van der Waals surface area contributed by atoms with Crippen molar-refractivity contribution in [3.63, 3.8) is 0 Å². The third-order valence-electron chi connectivity index (χ3n) is 9.05. The number of ether oxygens (including phenoxy) is 1. The van der Waals surface area contributed by atoms with Crippen molar-refractivity contribution in [1.29, 1.82) is 0 Å². The van der Waals surface area contributed by atoms with Crippen LogP contribution in [0, 0.1) is 0 Å². The highest BCUT2D eigenvalue weighted by atomic mass is 28.4. The van der Waals surface area contributed by atoms with Crippen LogP contribution in [-0.2, 0) is 45.5 Å². The van der Waals surface area contributed by atoms with Crippen molar-refractivity contribution in [2.45, 2.75) is 78.9 Å². The van der Waals surface area contributed by atoms with E-state index in [2.05, 4.69) is 49.2 Å². The fourth-order valence-corrected chi connectivity index (χ4v) is 8.93. The number of benzene rings is 1. The Hall–Kier alpha value is -2.47. The first-order valence-electron chi connectivity index (χ1n) is 19.3. The van der Waals surface area contributed by atoms with Gasteiger partial charge in [-0.05, 0) is 71.3 Å². The molecule has 1 aliphatic rings. The average molecular weight is 754 g/mol. The van der Waals surface area contributed by atoms with Crippen LogP contribution in [0.4, 0.5) is 0 Å². The molecule has 0 atom stereocenters. The van der Waals surface area contributed by atoms with Crippen LogP contribution in [0.2, 0.25) is 6.04 Å². The molecule has 0 bridgehead atoms. The Morgan fingerprint density at radius 1 is 0.654 bits per heavy atom. The SMILES string of the molecule is CCOC(=O)CCN1CCCN(Cc2ccc(CNCCC[Si](OCC)(OCC)OCC)cc2)CCN(CCC(=O)O)CCN(CCC(=O)O)CC1. The lowest BCUT2D eigenvalue weighted by molar-refractivity contribution is -0.143. The van der Waals surface area contributed by atoms with Crippen LogP contribution < -0.4 is 5.32 Å². The van der Waals surface area contributed by atoms with Crippen LogP contribution >= 0.6 is 0 Å². The Bertz CT molecular complexity index is 1120. The summed E-state index contributed by atoms with van der Waals surface area (Å²) in [6.07, 6.45) is 2.21. The molecule has 0 spiro atoms. The van der Waals surface area contributed by atoms with Gasteiger partial charge in [-0.15, -0.1) is 0 Å². The fraction of sp³-hybridized carbons (Fsp3) is 0.757. The minimum atomic E-state index is -2.63. The van der Waals surface area contributed by atoms with Gasteiger partial charge in [-0.1, -0.05) is 24.3 Å². The van der Waals surface area contributed by atoms with Gasteiger partial charge in [0, 0.05) is 97.9 Å². The van der Waals surface area contributed by atoms with Gasteiger partial charge in [0.05, 0.1) is 25.9 Å². The molecule has 52 heavy (non-hydrogen) atoms. The van der Waals surface area contributed by atoms with E-state index in [1.807, 2.05) is 20.8 Å². The smallest absolute Gasteiger partial charge is 0.481 e. The molecule has 0 radical (unpaired) electrons. The van der Waals surface area contributed by atoms with E-state index in [9.17, 15) is 24.6 Å². The number of rotatable bonds is 24. The van der Waals surface area contributed by atoms with Crippen molar-refractivity contribution in [3.8, 4) is 0 Å². The topological polar surface area (TPSA) is 154 Å². The lowest BCUT2D eigenvalue weighted by Crippen LogP contribution is -2.46. The second-order valence-corrected chi connectivity index (χ2v) is 15.8. The first-order valence-corrected chi connectivity index (χ1v) is 21.2. The van der Waals surface area contributed by atoms with Gasteiger partial charge in [-0.25, -0.2) is 0 Å². The van der Waals surface area contributed by atoms with Crippen molar-refractivity contribution in [1.82, 2.24) is 24.9 Å². The Morgan fingerprint density at radius 2 is 1.12 bits per heavy atom. The van der Waals surface area contributed by atoms with E-state index in [0.717, 1.165) is 58.2 Å². The fourth-order valence-electron chi connectivity index (χ4n) is 6.32. The summed E-state index contributed by atoms with van der Waals surface area (Å²) in [5, 5.41) is 22.3. The van der Waals surface area contributed by atoms with Crippen LogP contribution in [0.15, 0.2) is 24.3 Å². The molecule has 1 aliphatic heterocycles. The lowest BCUT2D eigenvalue weighted by Gasteiger charge is -2.29. The van der Waals surface area contributed by atoms with E-state index in [-0.39, 0.29) is 18.8 Å². The Labute approximate surface area is 313 Å². The summed E-state index contributed by atoms with van der Waals surface area (Å²) >= 11 is 0. The highest BCUT2D eigenvalue weighted by Crippen LogP contribution is 2.18. The molecule has 1 aromatic rings. The number of nitrogens with one attached hydrogen (secondary N) is 1. The summed E-state index contributed by atoms with van der Waals surface area (Å²) in [5.41, 5.74) is 2.42. The minimum absolute atomic E-state index is 0.0417. The summed E-state index contributed by atoms with van der Waals surface area (Å²) in [7, 11) is -2.63. The molecular weight excluding hydrogens is 687 g/mol. The number of aliphatic carboxylic acids is 2. The van der Waals surface area contributed by atoms with Crippen LogP contribution in [0.1, 0.15) is 70.9 Å². The molecule has 298 valence electrons. The lowest BCUT2D eigenvalue weighted by atomic mass is 10.1. The van der Waals surface area contributed by atoms with Gasteiger partial charge in [0.1, 0.15) is 0 Å². The number of hydrogen-bond acceptors (Lipinski definition) is 12. The highest BCUT2D eigenvalue weighted by Gasteiger charge is 2.39. The number of hydrogen-bond donors (Lipinski definition) is 3. The number of nitrogens with zero attached hydrogens (tertiary/aromatic N) is 4. The molecule has 0 saturated carbocycles. The second-order valence-electron chi connectivity index (χ2n) is 13.1. The third kappa shape index (κ3) is 20.1. The maximum absolute atomic E-state index is 12.2. The minimum Gasteiger partial charge on any atom is -0.481 e. The van der Waals surface area contributed by atoms with E-state index in [1.54, 1.807) is 6.92 Å². The van der Waals surface area contributed by atoms with Crippen molar-refractivity contribution in [3.05, 3.63) is 35.4 Å². The summed E-state index contributed by atoms with van der Waals surface area (Å²) in [6, 6.07) is 9.49. The monoisotopic (exact) mass is 753 g/mol. The molecule has 1 heterocycles. The van der Waals surface area contributed by atoms with E-state index >= 15 is 0 Å². The van der Waals surface area contributed by atoms with E-state index in [4.69, 9.17) is 18.0 Å². The zero-order chi connectivity index (χ0) is 38.0. The zero-order valence-corrected chi connectivity index (χ0v) is 33.3. The largest absolute Gasteiger partial charge is 0.500 e. The molecule has 1 aromatic carbocycles. The Kier molecular flexibility index (Phi) is 23.9. The molecular formula is C37H67N5O9Si. The third-order valence-corrected chi connectivity index (χ3v) is 12.2. The summed E-state index contributed by atoms with van der Waals surface area (Å²) in [6.45, 7) is 19.5. The molecule has 3 N–H and O–H groups in total. The predicted molar refractivity (Wildman–Crippen MR) is 203 cm³/mol. The van der Waals surface area contributed by atoms with Crippen molar-refractivity contribution in [2.24, 2.45) is 0 Å². The zero-order valence-electron chi connectivity index (χ0n) is 32.3. The van der Waals surface area contributed by atoms with Gasteiger partial charge in [0.15, 0.2) is 0 Å². The van der Waals surface area contributed by atoms with Crippen molar-refractivity contribution in [2.75, 3.05) is 105 Å². The van der Waals surface area contributed by atoms with Gasteiger partial charge in [-0.2, -0.15) is 0 Å². The Morgan fingerprint density at radius 3 is 1.62 bits per heavy atom. The molecule has 14 nitrogen and oxygen atoms in total. The number of carboxylic acid groups (broad SMARTS) is 2. The van der Waals surface area contributed by atoms with Crippen molar-refractivity contribution >= 4 is 26.7 Å². The number of carbonyl (C=O) groups is 3. The average Bonchev–Trinajstić information content (AvgIpc) is 3.12. The molecule has 2 rings (SSSR count). The summed E-state index contributed by atoms with van der Waals surface area (Å²) in [5.74, 6) is -1.88. The van der Waals surface area contributed by atoms with Crippen LogP contribution in [0.25, 0.3) is 0 Å². The molecule has 0 aromatic heterocycles. The normalized spacial score (nSPS) is 16.5. The van der Waals surface area contributed by atoms with Gasteiger partial charge in [0.2, 0.25) is 0 Å². The summed E-state index contributed by atoms with van der Waals surface area (Å²) in [4.78, 5) is 44.0. The van der Waals surface area contributed by atoms with Gasteiger partial charge < -0.3 is 48.2 Å². The number of carbonyl (C=O) groups excluding carboxylic acids is 1. The van der Waals surface area contributed by atoms with E-state index in [0.29, 0.717) is 85.2 Å². The first kappa shape index (κ1) is 45.7. The molecule has 1 fully saturated rings. The Balaban J connectivity index is 2.06. The van der Waals surface area contributed by atoms with Gasteiger partial charge >= 0.3 is 26.7 Å². The molecule has 0 aliphatic carbocycles. The number of carboxylic acids is 2. The van der Waals surface area contributed by atoms with E-state index in [1.165, 1.54) is 11.1 Å². The molecule has 15 heteroatoms. The van der Waals surface area contributed by atoms with Crippen LogP contribution in [0.5, 0.6) is 0 Å². The molecule has 1 saturated heterocycles. The first-order chi connectivity index (χ1) is 25.1. The van der Waals surface area contributed by atoms with Gasteiger partial charge in [-0.3, -0.25) is 19.3 Å². The maximum atomic E-state index is 12.2. The molecule has 0 amide bonds. The highest BCUT2D eigenvalue weighted by molar-refractivity contribution is 6.60. The molecule has 0 unspecified atom stereocenters. The second kappa shape index (κ2) is 27.2. The van der Waals surface area contributed by atoms with Crippen molar-refractivity contribution < 1.29 is 42.6 Å². The van der Waals surface area contributed by atoms with Gasteiger partial charge in [0.25, 0.3) is 0 Å². The number of esters is 1. The van der Waals surface area contributed by atoms with E-state index < -0.39 is 20.7 Å². The quantitative estimate of drug-likeness (QED) is 0.0805. The van der Waals surface area contributed by atoms with Crippen LogP contribution in [-0.4, -0.2) is 161 Å². The summed E-state index contributed by atoms with van der Waals surface area (Å²) < 4.78 is 23.1. The standard InChI is InChI=1S/C37H67N5O9Si/c1-5-48-37(47)17-23-39-19-10-20-42(29-28-41(22-16-36(45)46)27-26-40(25-24-39)21-15-35(43)44)32-34-13-11-33(12-14-34)31-38-18-9-30-52(49-6-2,50-7-3)51-8-4/h11-14,38H,5-10,15-32H2,1-4H3,(H,43,44)(H,45,46). The van der Waals surface area contributed by atoms with Crippen LogP contribution in [0.3, 0.4) is 0 Å². The predicted octanol–water partition coefficient (Wildman–Crippen LogP) is 3.23.